The van der Waals surface area contributed by atoms with Crippen LogP contribution in [0.3, 0.4) is 0 Å². The van der Waals surface area contributed by atoms with Crippen LogP contribution in [0.4, 0.5) is 4.39 Å². The number of allylic oxidation sites excluding steroid dienone is 1. The van der Waals surface area contributed by atoms with Gasteiger partial charge in [-0.2, -0.15) is 0 Å². The SMILES string of the molecule is CC(=O)O[C@@H](CNCc1ccc(F)cc1)[C@]12CC[C@]3(C)[C@H](CC[C@@H]4[C@@]5(C)CC[C@H](OC(=O)CC(C)(C)C(=O)O)C(C)(C)[C@@H]5CC[C@]43C)C1=C(C(C)C)C(=O)C2. The fourth-order valence-electron chi connectivity index (χ4n) is 13.4. The predicted octanol–water partition coefficient (Wildman–Crippen LogP) is 9.24. The summed E-state index contributed by atoms with van der Waals surface area (Å²) < 4.78 is 26.0. The number of hydrogen-bond acceptors (Lipinski definition) is 7. The number of ether oxygens (including phenoxy) is 2. The number of nitrogens with one attached hydrogen (secondary N) is 1. The number of carbonyl (C=O) groups is 4. The van der Waals surface area contributed by atoms with Gasteiger partial charge in [-0.1, -0.05) is 60.6 Å². The molecule has 0 bridgehead atoms. The highest BCUT2D eigenvalue weighted by Gasteiger charge is 2.71. The summed E-state index contributed by atoms with van der Waals surface area (Å²) in [6.45, 7) is 21.8. The van der Waals surface area contributed by atoms with Crippen LogP contribution in [-0.2, 0) is 35.2 Å². The number of aliphatic carboxylic acids is 1. The highest BCUT2D eigenvalue weighted by Crippen LogP contribution is 2.77. The van der Waals surface area contributed by atoms with Crippen molar-refractivity contribution >= 4 is 23.7 Å². The Hall–Kier alpha value is -3.07. The van der Waals surface area contributed by atoms with Crippen LogP contribution in [0.15, 0.2) is 35.4 Å². The zero-order chi connectivity index (χ0) is 40.5. The van der Waals surface area contributed by atoms with Crippen molar-refractivity contribution in [1.82, 2.24) is 5.32 Å². The van der Waals surface area contributed by atoms with Crippen molar-refractivity contribution in [1.29, 1.82) is 0 Å². The van der Waals surface area contributed by atoms with Crippen molar-refractivity contribution in [3.8, 4) is 0 Å². The molecule has 9 atom stereocenters. The molecule has 0 radical (unpaired) electrons. The van der Waals surface area contributed by atoms with Gasteiger partial charge in [0.25, 0.3) is 0 Å². The van der Waals surface area contributed by atoms with E-state index in [0.717, 1.165) is 62.5 Å². The fourth-order valence-corrected chi connectivity index (χ4v) is 13.4. The molecule has 4 saturated carbocycles. The molecule has 5 aliphatic rings. The number of carbonyl (C=O) groups excluding carboxylic acids is 3. The van der Waals surface area contributed by atoms with E-state index < -0.39 is 28.9 Å². The van der Waals surface area contributed by atoms with Crippen LogP contribution in [0.25, 0.3) is 0 Å². The van der Waals surface area contributed by atoms with Crippen LogP contribution >= 0.6 is 0 Å². The van der Waals surface area contributed by atoms with Gasteiger partial charge < -0.3 is 19.9 Å². The Balaban J connectivity index is 1.30. The van der Waals surface area contributed by atoms with E-state index in [1.54, 1.807) is 26.0 Å². The standard InChI is InChI=1S/C46H66FNO7/c1-27(2)38-32(50)23-46(36(54-28(3)49)26-48-25-29-11-13-30(47)14-12-29)22-21-44(9)31(39(38)46)15-16-34-43(8)19-18-35(55-37(51)24-41(4,5)40(52)53)42(6,7)33(43)17-20-45(34,44)10/h11-14,27,31,33-36,48H,15-26H2,1-10H3,(H,52,53)/t31-,33+,34-,35+,36+,43+,44-,45-,46-/m1/s1. The lowest BCUT2D eigenvalue weighted by molar-refractivity contribution is -0.235. The maximum atomic E-state index is 14.3. The zero-order valence-corrected chi connectivity index (χ0v) is 35.0. The number of carboxylic acids is 1. The minimum atomic E-state index is -1.18. The van der Waals surface area contributed by atoms with E-state index in [2.05, 4.69) is 53.8 Å². The lowest BCUT2D eigenvalue weighted by Crippen LogP contribution is -2.66. The molecule has 1 aromatic rings. The molecular formula is C46H66FNO7. The topological polar surface area (TPSA) is 119 Å². The summed E-state index contributed by atoms with van der Waals surface area (Å²) in [5, 5.41) is 13.1. The molecule has 4 fully saturated rings. The van der Waals surface area contributed by atoms with Crippen molar-refractivity contribution in [3.63, 3.8) is 0 Å². The Kier molecular flexibility index (Phi) is 10.9. The van der Waals surface area contributed by atoms with Crippen molar-refractivity contribution in [2.24, 2.45) is 56.2 Å². The first-order valence-electron chi connectivity index (χ1n) is 20.9. The molecule has 55 heavy (non-hydrogen) atoms. The van der Waals surface area contributed by atoms with E-state index >= 15 is 0 Å². The first-order valence-corrected chi connectivity index (χ1v) is 20.9. The molecule has 5 aliphatic carbocycles. The van der Waals surface area contributed by atoms with Gasteiger partial charge in [0.2, 0.25) is 0 Å². The van der Waals surface area contributed by atoms with E-state index in [1.165, 1.54) is 24.6 Å². The van der Waals surface area contributed by atoms with E-state index in [-0.39, 0.29) is 63.6 Å². The molecule has 0 spiro atoms. The van der Waals surface area contributed by atoms with Crippen LogP contribution in [0.5, 0.6) is 0 Å². The van der Waals surface area contributed by atoms with Gasteiger partial charge in [0.1, 0.15) is 18.0 Å². The van der Waals surface area contributed by atoms with Crippen molar-refractivity contribution in [2.75, 3.05) is 6.54 Å². The van der Waals surface area contributed by atoms with Gasteiger partial charge in [-0.15, -0.1) is 0 Å². The van der Waals surface area contributed by atoms with Gasteiger partial charge in [-0.3, -0.25) is 19.2 Å². The number of carboxylic acid groups (broad SMARTS) is 1. The van der Waals surface area contributed by atoms with Crippen LogP contribution in [0, 0.1) is 62.0 Å². The summed E-state index contributed by atoms with van der Waals surface area (Å²) in [5.74, 6) is -0.879. The third-order valence-corrected chi connectivity index (χ3v) is 16.4. The Morgan fingerprint density at radius 1 is 0.927 bits per heavy atom. The molecule has 8 nitrogen and oxygen atoms in total. The number of fused-ring (bicyclic) bond motifs is 7. The number of halogens is 1. The molecule has 0 heterocycles. The molecule has 2 N–H and O–H groups in total. The zero-order valence-electron chi connectivity index (χ0n) is 35.0. The normalized spacial score (nSPS) is 36.0. The Morgan fingerprint density at radius 2 is 1.60 bits per heavy atom. The minimum absolute atomic E-state index is 0.00305. The summed E-state index contributed by atoms with van der Waals surface area (Å²) in [6.07, 6.45) is 6.88. The summed E-state index contributed by atoms with van der Waals surface area (Å²) >= 11 is 0. The predicted molar refractivity (Wildman–Crippen MR) is 209 cm³/mol. The first-order chi connectivity index (χ1) is 25.5. The maximum Gasteiger partial charge on any atom is 0.309 e. The summed E-state index contributed by atoms with van der Waals surface area (Å²) in [7, 11) is 0. The van der Waals surface area contributed by atoms with Gasteiger partial charge in [-0.25, -0.2) is 4.39 Å². The molecular weight excluding hydrogens is 698 g/mol. The van der Waals surface area contributed by atoms with E-state index in [9.17, 15) is 28.7 Å². The Labute approximate surface area is 328 Å². The number of ketones is 1. The summed E-state index contributed by atoms with van der Waals surface area (Å²) in [5.41, 5.74) is 1.04. The quantitative estimate of drug-likeness (QED) is 0.214. The van der Waals surface area contributed by atoms with Gasteiger partial charge >= 0.3 is 17.9 Å². The second-order valence-electron chi connectivity index (χ2n) is 20.4. The van der Waals surface area contributed by atoms with Crippen molar-refractivity contribution < 1.29 is 38.1 Å². The molecule has 9 heteroatoms. The second-order valence-corrected chi connectivity index (χ2v) is 20.4. The van der Waals surface area contributed by atoms with E-state index in [4.69, 9.17) is 9.47 Å². The third-order valence-electron chi connectivity index (χ3n) is 16.4. The van der Waals surface area contributed by atoms with Crippen molar-refractivity contribution in [2.45, 2.75) is 152 Å². The van der Waals surface area contributed by atoms with Crippen LogP contribution < -0.4 is 5.32 Å². The third kappa shape index (κ3) is 6.80. The van der Waals surface area contributed by atoms with Gasteiger partial charge in [-0.05, 0) is 134 Å². The van der Waals surface area contributed by atoms with E-state index in [0.29, 0.717) is 31.3 Å². The average Bonchev–Trinajstić information content (AvgIpc) is 3.39. The minimum Gasteiger partial charge on any atom is -0.481 e. The molecule has 0 aliphatic heterocycles. The number of esters is 2. The Morgan fingerprint density at radius 3 is 2.22 bits per heavy atom. The average molecular weight is 764 g/mol. The molecule has 304 valence electrons. The van der Waals surface area contributed by atoms with Crippen LogP contribution in [0.2, 0.25) is 0 Å². The molecule has 0 unspecified atom stereocenters. The Bertz CT molecular complexity index is 1730. The van der Waals surface area contributed by atoms with Crippen LogP contribution in [-0.4, -0.2) is 47.6 Å². The molecule has 0 saturated heterocycles. The monoisotopic (exact) mass is 763 g/mol. The lowest BCUT2D eigenvalue weighted by atomic mass is 9.33. The van der Waals surface area contributed by atoms with Gasteiger partial charge in [0.15, 0.2) is 5.78 Å². The van der Waals surface area contributed by atoms with Gasteiger partial charge in [0.05, 0.1) is 11.8 Å². The van der Waals surface area contributed by atoms with Gasteiger partial charge in [0, 0.05) is 37.3 Å². The molecule has 0 aromatic heterocycles. The second kappa shape index (κ2) is 14.4. The smallest absolute Gasteiger partial charge is 0.309 e. The van der Waals surface area contributed by atoms with Crippen LogP contribution in [0.1, 0.15) is 139 Å². The fraction of sp³-hybridized carbons (Fsp3) is 0.739. The van der Waals surface area contributed by atoms with E-state index in [1.807, 2.05) is 0 Å². The largest absolute Gasteiger partial charge is 0.481 e. The van der Waals surface area contributed by atoms with Crippen molar-refractivity contribution in [3.05, 3.63) is 46.8 Å². The highest BCUT2D eigenvalue weighted by atomic mass is 19.1. The summed E-state index contributed by atoms with van der Waals surface area (Å²) in [6, 6.07) is 6.41. The first kappa shape index (κ1) is 41.6. The maximum absolute atomic E-state index is 14.3. The number of benzene rings is 1. The molecule has 6 rings (SSSR count). The highest BCUT2D eigenvalue weighted by molar-refractivity contribution is 6.01. The summed E-state index contributed by atoms with van der Waals surface area (Å²) in [4.78, 5) is 51.9. The lowest BCUT2D eigenvalue weighted by Gasteiger charge is -2.72. The molecule has 1 aromatic carbocycles. The number of hydrogen-bond donors (Lipinski definition) is 2. The number of rotatable bonds is 11. The molecule has 0 amide bonds. The number of Topliss-reactive ketones (excluding diaryl/α,β-unsaturated/α-hetero) is 1.